The molecule has 0 saturated carbocycles. The number of imidazole rings is 1. The average molecular weight is 368 g/mol. The monoisotopic (exact) mass is 368 g/mol. The first-order valence-electron chi connectivity index (χ1n) is 9.95. The van der Waals surface area contributed by atoms with Crippen molar-refractivity contribution in [2.24, 2.45) is 0 Å². The van der Waals surface area contributed by atoms with E-state index in [1.807, 2.05) is 12.1 Å². The number of hydrogen-bond donors (Lipinski definition) is 2. The van der Waals surface area contributed by atoms with Crippen LogP contribution in [0, 0.1) is 0 Å². The number of fused-ring (bicyclic) bond motifs is 1. The third-order valence-electron chi connectivity index (χ3n) is 5.65. The van der Waals surface area contributed by atoms with E-state index in [-0.39, 0.29) is 11.8 Å². The van der Waals surface area contributed by atoms with E-state index in [0.717, 1.165) is 43.1 Å². The number of likely N-dealkylation sites (tertiary alicyclic amines) is 1. The number of H-pyrrole nitrogens is 1. The van der Waals surface area contributed by atoms with Gasteiger partial charge < -0.3 is 19.9 Å². The Kier molecular flexibility index (Phi) is 5.43. The Labute approximate surface area is 160 Å². The van der Waals surface area contributed by atoms with E-state index in [0.29, 0.717) is 12.2 Å². The largest absolute Gasteiger partial charge is 0.497 e. The second-order valence-electron chi connectivity index (χ2n) is 7.55. The first kappa shape index (κ1) is 18.0. The van der Waals surface area contributed by atoms with Crippen molar-refractivity contribution in [3.8, 4) is 5.75 Å². The van der Waals surface area contributed by atoms with Crippen LogP contribution in [0.15, 0.2) is 24.3 Å². The normalized spacial score (nSPS) is 20.2. The maximum Gasteiger partial charge on any atom is 0.271 e. The van der Waals surface area contributed by atoms with E-state index >= 15 is 0 Å². The lowest BCUT2D eigenvalue weighted by atomic mass is 9.94. The number of methoxy groups -OCH3 is 1. The van der Waals surface area contributed by atoms with Gasteiger partial charge in [0.1, 0.15) is 17.3 Å². The van der Waals surface area contributed by atoms with Crippen molar-refractivity contribution in [2.45, 2.75) is 38.0 Å². The molecule has 3 heterocycles. The zero-order valence-electron chi connectivity index (χ0n) is 16.0. The molecule has 1 aromatic carbocycles. The molecule has 0 bridgehead atoms. The number of aromatic nitrogens is 2. The number of benzene rings is 1. The molecule has 2 aromatic rings. The molecular weight excluding hydrogens is 340 g/mol. The van der Waals surface area contributed by atoms with Gasteiger partial charge in [0.25, 0.3) is 5.91 Å². The van der Waals surface area contributed by atoms with Gasteiger partial charge in [-0.3, -0.25) is 4.79 Å². The van der Waals surface area contributed by atoms with Gasteiger partial charge in [-0.05, 0) is 63.0 Å². The minimum atomic E-state index is -0.0718. The Morgan fingerprint density at radius 1 is 1.30 bits per heavy atom. The smallest absolute Gasteiger partial charge is 0.271 e. The number of rotatable bonds is 6. The van der Waals surface area contributed by atoms with Gasteiger partial charge in [0, 0.05) is 24.6 Å². The molecule has 1 aromatic heterocycles. The third-order valence-corrected chi connectivity index (χ3v) is 5.65. The lowest BCUT2D eigenvalue weighted by Gasteiger charge is -2.15. The summed E-state index contributed by atoms with van der Waals surface area (Å²) in [5.74, 6) is 1.91. The van der Waals surface area contributed by atoms with E-state index in [1.165, 1.54) is 31.5 Å². The van der Waals surface area contributed by atoms with Crippen LogP contribution in [0.2, 0.25) is 0 Å². The molecule has 0 spiro atoms. The molecule has 2 N–H and O–H groups in total. The van der Waals surface area contributed by atoms with Crippen molar-refractivity contribution in [3.63, 3.8) is 0 Å². The van der Waals surface area contributed by atoms with Gasteiger partial charge >= 0.3 is 0 Å². The predicted octanol–water partition coefficient (Wildman–Crippen LogP) is 2.52. The van der Waals surface area contributed by atoms with Gasteiger partial charge in [0.05, 0.1) is 7.11 Å². The fraction of sp³-hybridized carbons (Fsp3) is 0.524. The summed E-state index contributed by atoms with van der Waals surface area (Å²) in [5, 5.41) is 3.03. The predicted molar refractivity (Wildman–Crippen MR) is 104 cm³/mol. The Morgan fingerprint density at radius 2 is 2.15 bits per heavy atom. The average Bonchev–Trinajstić information content (AvgIpc) is 3.32. The van der Waals surface area contributed by atoms with Gasteiger partial charge in [0.2, 0.25) is 0 Å². The summed E-state index contributed by atoms with van der Waals surface area (Å²) in [5.41, 5.74) is 2.69. The first-order chi connectivity index (χ1) is 13.2. The molecule has 6 nitrogen and oxygen atoms in total. The van der Waals surface area contributed by atoms with Crippen molar-refractivity contribution < 1.29 is 9.53 Å². The van der Waals surface area contributed by atoms with Crippen LogP contribution in [0.4, 0.5) is 0 Å². The van der Waals surface area contributed by atoms with Crippen LogP contribution in [-0.4, -0.2) is 54.1 Å². The topological polar surface area (TPSA) is 70.2 Å². The minimum Gasteiger partial charge on any atom is -0.497 e. The van der Waals surface area contributed by atoms with Gasteiger partial charge in [-0.2, -0.15) is 0 Å². The van der Waals surface area contributed by atoms with E-state index in [9.17, 15) is 4.79 Å². The molecule has 4 rings (SSSR count). The van der Waals surface area contributed by atoms with Crippen LogP contribution in [0.5, 0.6) is 5.75 Å². The highest BCUT2D eigenvalue weighted by molar-refractivity contribution is 5.94. The second-order valence-corrected chi connectivity index (χ2v) is 7.55. The Bertz CT molecular complexity index is 795. The maximum atomic E-state index is 12.5. The number of aryl methyl sites for hydroxylation is 1. The highest BCUT2D eigenvalue weighted by Crippen LogP contribution is 2.27. The molecular formula is C21H28N4O2. The number of hydrogen-bond acceptors (Lipinski definition) is 4. The summed E-state index contributed by atoms with van der Waals surface area (Å²) in [6, 6.07) is 8.09. The maximum absolute atomic E-state index is 12.5. The van der Waals surface area contributed by atoms with Crippen LogP contribution in [0.1, 0.15) is 52.8 Å². The highest BCUT2D eigenvalue weighted by Gasteiger charge is 2.26. The summed E-state index contributed by atoms with van der Waals surface area (Å²) in [6.45, 7) is 4.17. The van der Waals surface area contributed by atoms with Crippen molar-refractivity contribution in [1.82, 2.24) is 20.2 Å². The lowest BCUT2D eigenvalue weighted by Crippen LogP contribution is -2.26. The number of ether oxygens (including phenoxy) is 1. The lowest BCUT2D eigenvalue weighted by molar-refractivity contribution is 0.0950. The van der Waals surface area contributed by atoms with Gasteiger partial charge in [-0.25, -0.2) is 4.98 Å². The van der Waals surface area contributed by atoms with Crippen LogP contribution >= 0.6 is 0 Å². The van der Waals surface area contributed by atoms with Gasteiger partial charge in [0.15, 0.2) is 0 Å². The molecule has 1 atom stereocenters. The second kappa shape index (κ2) is 8.13. The summed E-state index contributed by atoms with van der Waals surface area (Å²) in [6.07, 6.45) is 5.38. The zero-order valence-corrected chi connectivity index (χ0v) is 16.0. The molecule has 6 heteroatoms. The fourth-order valence-electron chi connectivity index (χ4n) is 4.14. The molecule has 1 fully saturated rings. The van der Waals surface area contributed by atoms with E-state index in [2.05, 4.69) is 32.3 Å². The third kappa shape index (κ3) is 4.16. The Hall–Kier alpha value is -2.34. The van der Waals surface area contributed by atoms with E-state index < -0.39 is 0 Å². The number of nitrogens with one attached hydrogen (secondary N) is 2. The number of carbonyl (C=O) groups is 1. The summed E-state index contributed by atoms with van der Waals surface area (Å²) >= 11 is 0. The number of carbonyl (C=O) groups excluding carboxylic acids is 1. The molecule has 27 heavy (non-hydrogen) atoms. The standard InChI is InChI=1S/C21H28N4O2/c1-27-17-7-4-6-15(12-17)16-13-18-20(21(26)22-14-16)24-19(23-18)8-5-11-25-9-2-3-10-25/h4,6-7,12,16H,2-3,5,8-11,13-14H2,1H3,(H,22,26)(H,23,24)/t16-/m0/s1. The summed E-state index contributed by atoms with van der Waals surface area (Å²) in [4.78, 5) is 23.0. The molecule has 0 unspecified atom stereocenters. The summed E-state index contributed by atoms with van der Waals surface area (Å²) in [7, 11) is 1.68. The Morgan fingerprint density at radius 3 is 2.96 bits per heavy atom. The van der Waals surface area contributed by atoms with Crippen LogP contribution in [0.3, 0.4) is 0 Å². The molecule has 144 valence electrons. The van der Waals surface area contributed by atoms with Crippen LogP contribution < -0.4 is 10.1 Å². The van der Waals surface area contributed by atoms with Crippen molar-refractivity contribution in [1.29, 1.82) is 0 Å². The van der Waals surface area contributed by atoms with E-state index in [1.54, 1.807) is 7.11 Å². The highest BCUT2D eigenvalue weighted by atomic mass is 16.5. The van der Waals surface area contributed by atoms with Gasteiger partial charge in [-0.1, -0.05) is 12.1 Å². The minimum absolute atomic E-state index is 0.0718. The molecule has 2 aliphatic rings. The van der Waals surface area contributed by atoms with Crippen molar-refractivity contribution >= 4 is 5.91 Å². The first-order valence-corrected chi connectivity index (χ1v) is 9.95. The molecule has 0 aliphatic carbocycles. The van der Waals surface area contributed by atoms with Crippen LogP contribution in [-0.2, 0) is 12.8 Å². The fourth-order valence-corrected chi connectivity index (χ4v) is 4.14. The van der Waals surface area contributed by atoms with E-state index in [4.69, 9.17) is 4.74 Å². The number of nitrogens with zero attached hydrogens (tertiary/aromatic N) is 2. The zero-order chi connectivity index (χ0) is 18.6. The van der Waals surface area contributed by atoms with Crippen molar-refractivity contribution in [2.75, 3.05) is 33.3 Å². The molecule has 2 aliphatic heterocycles. The molecule has 1 amide bonds. The molecule has 1 saturated heterocycles. The number of amides is 1. The molecule has 0 radical (unpaired) electrons. The quantitative estimate of drug-likeness (QED) is 0.822. The van der Waals surface area contributed by atoms with Gasteiger partial charge in [-0.15, -0.1) is 0 Å². The summed E-state index contributed by atoms with van der Waals surface area (Å²) < 4.78 is 5.35. The van der Waals surface area contributed by atoms with Crippen molar-refractivity contribution in [3.05, 3.63) is 47.0 Å². The Balaban J connectivity index is 1.45. The van der Waals surface area contributed by atoms with Crippen LogP contribution in [0.25, 0.3) is 0 Å². The SMILES string of the molecule is COc1cccc([C@@H]2CNC(=O)c3nc(CCCN4CCCC4)[nH]c3C2)c1. The number of aromatic amines is 1.